The number of methoxy groups -OCH3 is 2. The number of alkyl carbamates (subject to hydrolysis) is 1. The number of piperazine rings is 1. The van der Waals surface area contributed by atoms with E-state index in [1.807, 2.05) is 13.8 Å². The van der Waals surface area contributed by atoms with Crippen LogP contribution in [-0.4, -0.2) is 99.6 Å². The van der Waals surface area contributed by atoms with Crippen molar-refractivity contribution in [3.63, 3.8) is 0 Å². The first kappa shape index (κ1) is 38.0. The van der Waals surface area contributed by atoms with E-state index in [1.165, 1.54) is 0 Å². The summed E-state index contributed by atoms with van der Waals surface area (Å²) in [6.07, 6.45) is 2.07. The zero-order chi connectivity index (χ0) is 38.4. The lowest BCUT2D eigenvalue weighted by atomic mass is 9.71. The Kier molecular flexibility index (Phi) is 10.7. The number of hydrogen-bond acceptors (Lipinski definition) is 12. The molecule has 0 aliphatic carbocycles. The normalized spacial score (nSPS) is 23.4. The first-order chi connectivity index (χ1) is 25.3. The van der Waals surface area contributed by atoms with Gasteiger partial charge in [-0.25, -0.2) is 4.79 Å². The van der Waals surface area contributed by atoms with Crippen molar-refractivity contribution in [3.8, 4) is 34.8 Å². The van der Waals surface area contributed by atoms with Crippen LogP contribution in [0.1, 0.15) is 73.2 Å². The Hall–Kier alpha value is -4.71. The highest BCUT2D eigenvalue weighted by molar-refractivity contribution is 5.85. The largest absolute Gasteiger partial charge is 0.493 e. The second-order valence-corrected chi connectivity index (χ2v) is 15.0. The number of carbonyl (C=O) groups excluding carboxylic acids is 2. The van der Waals surface area contributed by atoms with E-state index in [9.17, 15) is 14.9 Å². The second kappa shape index (κ2) is 15.0. The first-order valence-electron chi connectivity index (χ1n) is 17.9. The molecular weight excluding hydrogens is 682 g/mol. The first-order valence-corrected chi connectivity index (χ1v) is 17.9. The molecule has 6 atom stereocenters. The van der Waals surface area contributed by atoms with E-state index in [2.05, 4.69) is 46.2 Å². The van der Waals surface area contributed by atoms with Crippen LogP contribution in [0.3, 0.4) is 0 Å². The van der Waals surface area contributed by atoms with Crippen LogP contribution in [-0.2, 0) is 27.1 Å². The number of carbonyl (C=O) groups is 2. The van der Waals surface area contributed by atoms with E-state index < -0.39 is 35.7 Å². The number of ether oxygens (including phenoxy) is 7. The number of amides is 2. The van der Waals surface area contributed by atoms with E-state index >= 15 is 0 Å². The highest BCUT2D eigenvalue weighted by atomic mass is 16.7. The SMILES string of the molecule is C=CCOc1c(C)c2c(c3c1CC1[C@H]4c5c(cc(C)c(OC)c5OCOC)C[C@@H](C(C#N)N1[C@H]3CNC(=O)[C@H](C)NC(=O)OC(C)(C)C)N4C)OCO2. The number of likely N-dealkylation sites (N-methyl/N-ethyl adjacent to an activating group) is 1. The molecule has 0 saturated carbocycles. The molecule has 286 valence electrons. The number of nitrogens with zero attached hydrogens (tertiary/aromatic N) is 3. The van der Waals surface area contributed by atoms with Crippen molar-refractivity contribution in [2.45, 2.75) is 96.2 Å². The van der Waals surface area contributed by atoms with E-state index in [-0.39, 0.29) is 44.9 Å². The Bertz CT molecular complexity index is 1820. The van der Waals surface area contributed by atoms with Crippen LogP contribution >= 0.6 is 0 Å². The number of fused-ring (bicyclic) bond motifs is 9. The molecule has 0 radical (unpaired) electrons. The summed E-state index contributed by atoms with van der Waals surface area (Å²) in [4.78, 5) is 30.7. The van der Waals surface area contributed by atoms with Gasteiger partial charge in [0.05, 0.1) is 25.3 Å². The van der Waals surface area contributed by atoms with Crippen LogP contribution in [0.5, 0.6) is 28.7 Å². The molecule has 1 fully saturated rings. The molecule has 6 rings (SSSR count). The molecule has 14 nitrogen and oxygen atoms in total. The van der Waals surface area contributed by atoms with Gasteiger partial charge in [-0.05, 0) is 72.6 Å². The third kappa shape index (κ3) is 6.82. The average Bonchev–Trinajstić information content (AvgIpc) is 3.59. The van der Waals surface area contributed by atoms with Crippen molar-refractivity contribution in [1.29, 1.82) is 5.26 Å². The summed E-state index contributed by atoms with van der Waals surface area (Å²) in [5, 5.41) is 16.7. The Morgan fingerprint density at radius 1 is 1.09 bits per heavy atom. The standard InChI is InChI=1S/C39H51N5O9/c1-11-12-49-33-21(3)34-36(52-19-51-34)30-24(33)15-26-31-29-23(13-20(2)32(48-10)35(29)50-18-47-9)14-25(43(31)8)27(16-40)44(26)28(30)17-41-37(45)22(4)42-38(46)53-39(5,6)7/h11,13,22,25-28,31H,1,12,14-15,17-19H2,2-10H3,(H,41,45)(H,42,46)/t22-,25-,26?,27?,28-,31-/m0/s1. The minimum absolute atomic E-state index is 0.0231. The molecule has 14 heteroatoms. The zero-order valence-corrected chi connectivity index (χ0v) is 32.1. The molecule has 0 spiro atoms. The summed E-state index contributed by atoms with van der Waals surface area (Å²) in [7, 11) is 5.27. The van der Waals surface area contributed by atoms with Crippen LogP contribution in [0.25, 0.3) is 0 Å². The van der Waals surface area contributed by atoms with Crippen molar-refractivity contribution in [3.05, 3.63) is 52.1 Å². The van der Waals surface area contributed by atoms with Gasteiger partial charge >= 0.3 is 6.09 Å². The van der Waals surface area contributed by atoms with Crippen molar-refractivity contribution in [1.82, 2.24) is 20.4 Å². The predicted octanol–water partition coefficient (Wildman–Crippen LogP) is 4.39. The van der Waals surface area contributed by atoms with E-state index in [4.69, 9.17) is 33.2 Å². The van der Waals surface area contributed by atoms with Crippen molar-refractivity contribution in [2.75, 3.05) is 48.0 Å². The van der Waals surface area contributed by atoms with Crippen LogP contribution < -0.4 is 34.3 Å². The fourth-order valence-electron chi connectivity index (χ4n) is 8.50. The lowest BCUT2D eigenvalue weighted by molar-refractivity contribution is -0.123. The third-order valence-electron chi connectivity index (χ3n) is 10.5. The highest BCUT2D eigenvalue weighted by Gasteiger charge is 2.57. The summed E-state index contributed by atoms with van der Waals surface area (Å²) >= 11 is 0. The Morgan fingerprint density at radius 2 is 1.83 bits per heavy atom. The van der Waals surface area contributed by atoms with Gasteiger partial charge in [0, 0.05) is 48.0 Å². The van der Waals surface area contributed by atoms with Gasteiger partial charge in [0.25, 0.3) is 0 Å². The van der Waals surface area contributed by atoms with Crippen LogP contribution in [0.15, 0.2) is 18.7 Å². The Labute approximate surface area is 311 Å². The van der Waals surface area contributed by atoms with E-state index in [1.54, 1.807) is 48.0 Å². The molecule has 4 heterocycles. The van der Waals surface area contributed by atoms with E-state index in [0.29, 0.717) is 41.6 Å². The Morgan fingerprint density at radius 3 is 2.49 bits per heavy atom. The minimum atomic E-state index is -0.903. The molecule has 0 aromatic heterocycles. The average molecular weight is 734 g/mol. The monoisotopic (exact) mass is 733 g/mol. The number of nitrogens with one attached hydrogen (secondary N) is 2. The van der Waals surface area contributed by atoms with Gasteiger partial charge in [-0.2, -0.15) is 5.26 Å². The zero-order valence-electron chi connectivity index (χ0n) is 32.1. The topological polar surface area (TPSA) is 153 Å². The minimum Gasteiger partial charge on any atom is -0.493 e. The molecule has 2 aromatic rings. The van der Waals surface area contributed by atoms with Crippen molar-refractivity contribution in [2.24, 2.45) is 0 Å². The summed E-state index contributed by atoms with van der Waals surface area (Å²) in [5.74, 6) is 2.63. The van der Waals surface area contributed by atoms with Crippen LogP contribution in [0.2, 0.25) is 0 Å². The van der Waals surface area contributed by atoms with Crippen LogP contribution in [0, 0.1) is 25.2 Å². The number of hydrogen-bond donors (Lipinski definition) is 2. The van der Waals surface area contributed by atoms with Gasteiger partial charge in [0.15, 0.2) is 29.8 Å². The lowest BCUT2D eigenvalue weighted by Gasteiger charge is -2.60. The number of nitriles is 1. The second-order valence-electron chi connectivity index (χ2n) is 15.0. The maximum absolute atomic E-state index is 13.7. The fraction of sp³-hybridized carbons (Fsp3) is 0.564. The lowest BCUT2D eigenvalue weighted by Crippen LogP contribution is -2.69. The molecule has 2 aromatic carbocycles. The fourth-order valence-corrected chi connectivity index (χ4v) is 8.50. The molecule has 2 unspecified atom stereocenters. The van der Waals surface area contributed by atoms with Gasteiger partial charge in [-0.15, -0.1) is 0 Å². The van der Waals surface area contributed by atoms with Gasteiger partial charge in [-0.1, -0.05) is 18.7 Å². The van der Waals surface area contributed by atoms with Crippen molar-refractivity contribution < 1.29 is 42.7 Å². The maximum atomic E-state index is 13.7. The number of aryl methyl sites for hydroxylation is 1. The van der Waals surface area contributed by atoms with Gasteiger partial charge in [0.1, 0.15) is 30.0 Å². The maximum Gasteiger partial charge on any atom is 0.408 e. The Balaban J connectivity index is 1.50. The molecule has 2 bridgehead atoms. The molecule has 4 aliphatic heterocycles. The molecule has 4 aliphatic rings. The highest BCUT2D eigenvalue weighted by Crippen LogP contribution is 2.58. The van der Waals surface area contributed by atoms with Gasteiger partial charge < -0.3 is 43.8 Å². The molecular formula is C39H51N5O9. The van der Waals surface area contributed by atoms with E-state index in [0.717, 1.165) is 33.4 Å². The molecule has 1 saturated heterocycles. The quantitative estimate of drug-likeness (QED) is 0.249. The molecule has 2 N–H and O–H groups in total. The smallest absolute Gasteiger partial charge is 0.408 e. The van der Waals surface area contributed by atoms with Crippen molar-refractivity contribution >= 4 is 12.0 Å². The summed E-state index contributed by atoms with van der Waals surface area (Å²) in [6, 6.07) is 2.01. The summed E-state index contributed by atoms with van der Waals surface area (Å²) in [5.41, 5.74) is 4.77. The number of benzene rings is 2. The summed E-state index contributed by atoms with van der Waals surface area (Å²) in [6.45, 7) is 15.1. The molecule has 53 heavy (non-hydrogen) atoms. The molecule has 2 amide bonds. The third-order valence-corrected chi connectivity index (χ3v) is 10.5. The van der Waals surface area contributed by atoms with Gasteiger partial charge in [0.2, 0.25) is 12.7 Å². The summed E-state index contributed by atoms with van der Waals surface area (Å²) < 4.78 is 41.6. The predicted molar refractivity (Wildman–Crippen MR) is 195 cm³/mol. The van der Waals surface area contributed by atoms with Crippen LogP contribution in [0.4, 0.5) is 4.79 Å². The number of rotatable bonds is 11. The van der Waals surface area contributed by atoms with Gasteiger partial charge in [-0.3, -0.25) is 14.6 Å².